The van der Waals surface area contributed by atoms with E-state index in [0.29, 0.717) is 6.54 Å². The Morgan fingerprint density at radius 1 is 1.83 bits per heavy atom. The molecule has 6 heavy (non-hydrogen) atoms. The van der Waals surface area contributed by atoms with Gasteiger partial charge in [0, 0.05) is 6.54 Å². The number of hydrogen-bond donors (Lipinski definition) is 1. The van der Waals surface area contributed by atoms with Crippen molar-refractivity contribution in [1.29, 1.82) is 0 Å². The number of hydrogen-bond acceptors (Lipinski definition) is 1. The zero-order valence-corrected chi connectivity index (χ0v) is 3.52. The fraction of sp³-hybridized carbons (Fsp3) is 0.200. The van der Waals surface area contributed by atoms with Crippen LogP contribution in [0.15, 0.2) is 12.2 Å². The smallest absolute Gasteiger partial charge is 0.0116 e. The molecule has 0 saturated heterocycles. The fourth-order valence-corrected chi connectivity index (χ4v) is 0.136. The molecule has 32 valence electrons. The maximum absolute atomic E-state index is 5.03. The number of terminal acetylenes is 1. The Balaban J connectivity index is 3.02. The Bertz CT molecular complexity index is 76.4. The maximum Gasteiger partial charge on any atom is 0.0116 e. The first-order valence-corrected chi connectivity index (χ1v) is 1.73. The van der Waals surface area contributed by atoms with Gasteiger partial charge in [-0.1, -0.05) is 12.0 Å². The van der Waals surface area contributed by atoms with Crippen molar-refractivity contribution in [1.82, 2.24) is 0 Å². The second-order valence-electron chi connectivity index (χ2n) is 0.805. The van der Waals surface area contributed by atoms with E-state index in [1.807, 2.05) is 0 Å². The Hall–Kier alpha value is -0.740. The van der Waals surface area contributed by atoms with Gasteiger partial charge < -0.3 is 5.73 Å². The molecule has 0 aromatic rings. The topological polar surface area (TPSA) is 26.0 Å². The van der Waals surface area contributed by atoms with Crippen LogP contribution in [-0.2, 0) is 0 Å². The predicted molar refractivity (Wildman–Crippen MR) is 27.0 cm³/mol. The van der Waals surface area contributed by atoms with Crippen LogP contribution in [0, 0.1) is 12.3 Å². The minimum Gasteiger partial charge on any atom is -0.327 e. The molecule has 0 aliphatic carbocycles. The summed E-state index contributed by atoms with van der Waals surface area (Å²) in [4.78, 5) is 0. The standard InChI is InChI=1S/C5H7N/c1-2-3-4-5-6/h1,3-4H,5-6H2/b4-3-. The van der Waals surface area contributed by atoms with Crippen molar-refractivity contribution < 1.29 is 0 Å². The van der Waals surface area contributed by atoms with Crippen molar-refractivity contribution in [2.75, 3.05) is 6.54 Å². The Morgan fingerprint density at radius 3 is 2.67 bits per heavy atom. The quantitative estimate of drug-likeness (QED) is 0.446. The van der Waals surface area contributed by atoms with Gasteiger partial charge >= 0.3 is 0 Å². The molecule has 0 fully saturated rings. The fourth-order valence-electron chi connectivity index (χ4n) is 0.136. The molecule has 0 bridgehead atoms. The van der Waals surface area contributed by atoms with Crippen molar-refractivity contribution in [3.05, 3.63) is 12.2 Å². The lowest BCUT2D eigenvalue weighted by molar-refractivity contribution is 1.26. The van der Waals surface area contributed by atoms with Crippen molar-refractivity contribution in [3.63, 3.8) is 0 Å². The van der Waals surface area contributed by atoms with Gasteiger partial charge in [0.05, 0.1) is 0 Å². The number of rotatable bonds is 1. The summed E-state index contributed by atoms with van der Waals surface area (Å²) < 4.78 is 0. The van der Waals surface area contributed by atoms with E-state index in [1.165, 1.54) is 0 Å². The summed E-state index contributed by atoms with van der Waals surface area (Å²) in [5.41, 5.74) is 5.03. The van der Waals surface area contributed by atoms with E-state index >= 15 is 0 Å². The zero-order chi connectivity index (χ0) is 4.83. The molecule has 0 atom stereocenters. The largest absolute Gasteiger partial charge is 0.327 e. The average Bonchev–Trinajstić information content (AvgIpc) is 1.61. The molecule has 0 aliphatic heterocycles. The normalized spacial score (nSPS) is 8.67. The van der Waals surface area contributed by atoms with Crippen LogP contribution in [0.25, 0.3) is 0 Å². The molecule has 0 amide bonds. The van der Waals surface area contributed by atoms with Gasteiger partial charge in [-0.25, -0.2) is 0 Å². The average molecular weight is 81.1 g/mol. The number of nitrogens with two attached hydrogens (primary N) is 1. The summed E-state index contributed by atoms with van der Waals surface area (Å²) in [6.07, 6.45) is 8.13. The molecule has 0 aromatic carbocycles. The third-order valence-corrected chi connectivity index (χ3v) is 0.350. The summed E-state index contributed by atoms with van der Waals surface area (Å²) in [5.74, 6) is 2.31. The van der Waals surface area contributed by atoms with E-state index in [-0.39, 0.29) is 0 Å². The van der Waals surface area contributed by atoms with Gasteiger partial charge in [0.25, 0.3) is 0 Å². The molecule has 0 heterocycles. The molecule has 0 saturated carbocycles. The van der Waals surface area contributed by atoms with Crippen LogP contribution in [-0.4, -0.2) is 6.54 Å². The molecule has 0 unspecified atom stereocenters. The van der Waals surface area contributed by atoms with Crippen LogP contribution in [0.3, 0.4) is 0 Å². The van der Waals surface area contributed by atoms with Gasteiger partial charge in [0.1, 0.15) is 0 Å². The highest BCUT2D eigenvalue weighted by molar-refractivity contribution is 5.08. The minimum atomic E-state index is 0.532. The SMILES string of the molecule is C#C/C=C\CN. The second-order valence-corrected chi connectivity index (χ2v) is 0.805. The van der Waals surface area contributed by atoms with E-state index in [0.717, 1.165) is 0 Å². The van der Waals surface area contributed by atoms with Crippen LogP contribution >= 0.6 is 0 Å². The van der Waals surface area contributed by atoms with Gasteiger partial charge in [-0.3, -0.25) is 0 Å². The highest BCUT2D eigenvalue weighted by Crippen LogP contribution is 1.59. The van der Waals surface area contributed by atoms with E-state index in [9.17, 15) is 0 Å². The highest BCUT2D eigenvalue weighted by Gasteiger charge is 1.54. The van der Waals surface area contributed by atoms with E-state index in [2.05, 4.69) is 5.92 Å². The molecule has 0 rings (SSSR count). The van der Waals surface area contributed by atoms with E-state index in [1.54, 1.807) is 12.2 Å². The van der Waals surface area contributed by atoms with Crippen LogP contribution in [0.2, 0.25) is 0 Å². The monoisotopic (exact) mass is 81.1 g/mol. The third-order valence-electron chi connectivity index (χ3n) is 0.350. The first kappa shape index (κ1) is 5.26. The van der Waals surface area contributed by atoms with Crippen molar-refractivity contribution in [2.45, 2.75) is 0 Å². The lowest BCUT2D eigenvalue weighted by atomic mass is 10.5. The first-order valence-electron chi connectivity index (χ1n) is 1.73. The van der Waals surface area contributed by atoms with Crippen LogP contribution in [0.4, 0.5) is 0 Å². The van der Waals surface area contributed by atoms with Crippen LogP contribution in [0.5, 0.6) is 0 Å². The van der Waals surface area contributed by atoms with Gasteiger partial charge in [0.15, 0.2) is 0 Å². The molecular formula is C5H7N. The van der Waals surface area contributed by atoms with Gasteiger partial charge in [-0.15, -0.1) is 6.42 Å². The third kappa shape index (κ3) is 3.26. The first-order chi connectivity index (χ1) is 2.91. The van der Waals surface area contributed by atoms with Gasteiger partial charge in [-0.2, -0.15) is 0 Å². The molecule has 1 heteroatoms. The lowest BCUT2D eigenvalue weighted by Crippen LogP contribution is -1.91. The molecule has 2 N–H and O–H groups in total. The van der Waals surface area contributed by atoms with E-state index < -0.39 is 0 Å². The summed E-state index contributed by atoms with van der Waals surface area (Å²) in [5, 5.41) is 0. The molecular weight excluding hydrogens is 74.1 g/mol. The summed E-state index contributed by atoms with van der Waals surface area (Å²) >= 11 is 0. The van der Waals surface area contributed by atoms with Crippen LogP contribution in [0.1, 0.15) is 0 Å². The Labute approximate surface area is 37.8 Å². The molecule has 0 aromatic heterocycles. The molecule has 0 spiro atoms. The lowest BCUT2D eigenvalue weighted by Gasteiger charge is -1.67. The van der Waals surface area contributed by atoms with Crippen molar-refractivity contribution in [3.8, 4) is 12.3 Å². The van der Waals surface area contributed by atoms with Gasteiger partial charge in [-0.05, 0) is 6.08 Å². The summed E-state index contributed by atoms with van der Waals surface area (Å²) in [6, 6.07) is 0. The predicted octanol–water partition coefficient (Wildman–Crippen LogP) is 0.135. The highest BCUT2D eigenvalue weighted by atomic mass is 14.5. The molecule has 0 radical (unpaired) electrons. The molecule has 0 aliphatic rings. The van der Waals surface area contributed by atoms with Crippen molar-refractivity contribution >= 4 is 0 Å². The van der Waals surface area contributed by atoms with Gasteiger partial charge in [0.2, 0.25) is 0 Å². The Kier molecular flexibility index (Phi) is 3.73. The summed E-state index contributed by atoms with van der Waals surface area (Å²) in [7, 11) is 0. The number of allylic oxidation sites excluding steroid dienone is 1. The minimum absolute atomic E-state index is 0.532. The molecule has 1 nitrogen and oxygen atoms in total. The van der Waals surface area contributed by atoms with Crippen LogP contribution < -0.4 is 5.73 Å². The Morgan fingerprint density at radius 2 is 2.50 bits per heavy atom. The summed E-state index contributed by atoms with van der Waals surface area (Å²) in [6.45, 7) is 0.532. The maximum atomic E-state index is 5.03. The second kappa shape index (κ2) is 4.26. The van der Waals surface area contributed by atoms with Crippen molar-refractivity contribution in [2.24, 2.45) is 5.73 Å². The van der Waals surface area contributed by atoms with E-state index in [4.69, 9.17) is 12.2 Å². The zero-order valence-electron chi connectivity index (χ0n) is 3.52.